The predicted molar refractivity (Wildman–Crippen MR) is 81.0 cm³/mol. The zero-order chi connectivity index (χ0) is 13.9. The fourth-order valence-corrected chi connectivity index (χ4v) is 2.68. The molecule has 2 aromatic rings. The lowest BCUT2D eigenvalue weighted by atomic mass is 10.0. The van der Waals surface area contributed by atoms with Gasteiger partial charge in [0, 0.05) is 5.56 Å². The molecule has 0 heterocycles. The summed E-state index contributed by atoms with van der Waals surface area (Å²) in [5.74, 6) is 0.0483. The molecule has 0 aliphatic heterocycles. The molecule has 0 spiro atoms. The molecule has 0 bridgehead atoms. The van der Waals surface area contributed by atoms with E-state index in [0.29, 0.717) is 5.56 Å². The first-order valence-electron chi connectivity index (χ1n) is 6.06. The average Bonchev–Trinajstić information content (AvgIpc) is 2.38. The second-order valence-electron chi connectivity index (χ2n) is 4.95. The van der Waals surface area contributed by atoms with E-state index >= 15 is 0 Å². The second kappa shape index (κ2) is 5.49. The van der Waals surface area contributed by atoms with Crippen molar-refractivity contribution in [3.8, 4) is 11.1 Å². The first-order chi connectivity index (χ1) is 8.96. The van der Waals surface area contributed by atoms with Crippen LogP contribution < -0.4 is 0 Å². The van der Waals surface area contributed by atoms with Gasteiger partial charge in [0.15, 0.2) is 5.75 Å². The summed E-state index contributed by atoms with van der Waals surface area (Å²) in [5.41, 5.74) is 2.82. The number of hydrogen-bond donors (Lipinski definition) is 0. The highest BCUT2D eigenvalue weighted by molar-refractivity contribution is 8.02. The van der Waals surface area contributed by atoms with Crippen molar-refractivity contribution in [2.24, 2.45) is 0 Å². The standard InChI is InChI=1S/C16H17O2S/c1-19(2,18)12-16(17)15-10-8-14(9-11-15)13-6-4-3-5-7-13/h3-11H,12H2,1-2H3/q+1. The van der Waals surface area contributed by atoms with Crippen LogP contribution in [-0.4, -0.2) is 24.0 Å². The smallest absolute Gasteiger partial charge is 0.211 e. The third kappa shape index (κ3) is 3.86. The molecule has 0 saturated carbocycles. The highest BCUT2D eigenvalue weighted by atomic mass is 32.2. The lowest BCUT2D eigenvalue weighted by molar-refractivity contribution is 0.102. The third-order valence-corrected chi connectivity index (χ3v) is 3.75. The number of carbonyl (C=O) groups excluding carboxylic acids is 1. The average molecular weight is 273 g/mol. The van der Waals surface area contributed by atoms with Crippen LogP contribution in [0.4, 0.5) is 0 Å². The largest absolute Gasteiger partial charge is 0.289 e. The summed E-state index contributed by atoms with van der Waals surface area (Å²) >= 11 is 0. The zero-order valence-corrected chi connectivity index (χ0v) is 11.9. The van der Waals surface area contributed by atoms with Gasteiger partial charge in [0.2, 0.25) is 5.78 Å². The maximum absolute atomic E-state index is 11.9. The Bertz CT molecular complexity index is 609. The van der Waals surface area contributed by atoms with E-state index in [9.17, 15) is 9.00 Å². The number of Topliss-reactive ketones (excluding diaryl/α,β-unsaturated/α-hetero) is 1. The van der Waals surface area contributed by atoms with Crippen LogP contribution in [0.3, 0.4) is 0 Å². The van der Waals surface area contributed by atoms with Gasteiger partial charge in [-0.2, -0.15) is 0 Å². The van der Waals surface area contributed by atoms with Crippen LogP contribution in [-0.2, 0) is 14.1 Å². The quantitative estimate of drug-likeness (QED) is 0.632. The van der Waals surface area contributed by atoms with Gasteiger partial charge in [-0.05, 0) is 11.1 Å². The zero-order valence-electron chi connectivity index (χ0n) is 11.1. The van der Waals surface area contributed by atoms with Gasteiger partial charge in [-0.1, -0.05) is 54.6 Å². The van der Waals surface area contributed by atoms with Crippen molar-refractivity contribution in [2.75, 3.05) is 18.3 Å². The first kappa shape index (κ1) is 13.7. The molecular weight excluding hydrogens is 256 g/mol. The van der Waals surface area contributed by atoms with E-state index in [0.717, 1.165) is 11.1 Å². The molecule has 19 heavy (non-hydrogen) atoms. The number of carbonyl (C=O) groups is 1. The highest BCUT2D eigenvalue weighted by Gasteiger charge is 2.20. The van der Waals surface area contributed by atoms with Crippen LogP contribution in [0.5, 0.6) is 0 Å². The van der Waals surface area contributed by atoms with Crippen LogP contribution in [0.1, 0.15) is 10.4 Å². The van der Waals surface area contributed by atoms with E-state index in [1.54, 1.807) is 24.6 Å². The van der Waals surface area contributed by atoms with Gasteiger partial charge >= 0.3 is 0 Å². The van der Waals surface area contributed by atoms with E-state index in [4.69, 9.17) is 0 Å². The minimum Gasteiger partial charge on any atom is -0.289 e. The molecule has 0 amide bonds. The topological polar surface area (TPSA) is 34.1 Å². The number of rotatable bonds is 4. The van der Waals surface area contributed by atoms with Crippen molar-refractivity contribution in [2.45, 2.75) is 0 Å². The monoisotopic (exact) mass is 273 g/mol. The van der Waals surface area contributed by atoms with E-state index in [2.05, 4.69) is 0 Å². The Morgan fingerprint density at radius 3 is 1.95 bits per heavy atom. The van der Waals surface area contributed by atoms with Gasteiger partial charge in [0.25, 0.3) is 0 Å². The molecule has 0 fully saturated rings. The molecule has 2 aromatic carbocycles. The fourth-order valence-electron chi connectivity index (χ4n) is 1.88. The van der Waals surface area contributed by atoms with Crippen molar-refractivity contribution in [1.29, 1.82) is 0 Å². The fraction of sp³-hybridized carbons (Fsp3) is 0.188. The molecule has 0 radical (unpaired) electrons. The minimum atomic E-state index is -2.03. The Morgan fingerprint density at radius 1 is 0.895 bits per heavy atom. The lowest BCUT2D eigenvalue weighted by Gasteiger charge is -2.04. The van der Waals surface area contributed by atoms with Gasteiger partial charge in [-0.3, -0.25) is 4.79 Å². The summed E-state index contributed by atoms with van der Waals surface area (Å²) in [4.78, 5) is 11.9. The molecule has 0 atom stereocenters. The molecule has 3 heteroatoms. The van der Waals surface area contributed by atoms with Crippen LogP contribution in [0.2, 0.25) is 0 Å². The minimum absolute atomic E-state index is 0.0605. The predicted octanol–water partition coefficient (Wildman–Crippen LogP) is 3.30. The van der Waals surface area contributed by atoms with E-state index in [-0.39, 0.29) is 11.5 Å². The molecule has 2 nitrogen and oxygen atoms in total. The molecule has 0 unspecified atom stereocenters. The van der Waals surface area contributed by atoms with Crippen LogP contribution >= 0.6 is 0 Å². The van der Waals surface area contributed by atoms with E-state index < -0.39 is 9.93 Å². The summed E-state index contributed by atoms with van der Waals surface area (Å²) in [6.45, 7) is 0. The third-order valence-electron chi connectivity index (χ3n) is 2.79. The van der Waals surface area contributed by atoms with Crippen molar-refractivity contribution in [3.63, 3.8) is 0 Å². The molecular formula is C16H17O2S+. The van der Waals surface area contributed by atoms with Gasteiger partial charge in [-0.15, -0.1) is 4.21 Å². The molecule has 0 aliphatic rings. The maximum Gasteiger partial charge on any atom is 0.211 e. The molecule has 2 rings (SSSR count). The van der Waals surface area contributed by atoms with Crippen molar-refractivity contribution in [1.82, 2.24) is 0 Å². The maximum atomic E-state index is 11.9. The molecule has 98 valence electrons. The van der Waals surface area contributed by atoms with E-state index in [1.807, 2.05) is 42.5 Å². The number of ketones is 1. The van der Waals surface area contributed by atoms with E-state index in [1.165, 1.54) is 0 Å². The Morgan fingerprint density at radius 2 is 1.42 bits per heavy atom. The van der Waals surface area contributed by atoms with Crippen molar-refractivity contribution < 1.29 is 9.00 Å². The number of benzene rings is 2. The summed E-state index contributed by atoms with van der Waals surface area (Å²) in [7, 11) is -2.03. The number of hydrogen-bond acceptors (Lipinski definition) is 2. The van der Waals surface area contributed by atoms with Gasteiger partial charge < -0.3 is 0 Å². The molecule has 0 saturated heterocycles. The lowest BCUT2D eigenvalue weighted by Crippen LogP contribution is -2.19. The van der Waals surface area contributed by atoms with Gasteiger partial charge in [-0.25, -0.2) is 0 Å². The molecule has 0 aliphatic carbocycles. The summed E-state index contributed by atoms with van der Waals surface area (Å²) < 4.78 is 11.6. The summed E-state index contributed by atoms with van der Waals surface area (Å²) in [5, 5.41) is 0. The molecule has 0 aromatic heterocycles. The van der Waals surface area contributed by atoms with Crippen LogP contribution in [0.15, 0.2) is 54.6 Å². The SMILES string of the molecule is C[S+](C)(=O)CC(=O)c1ccc(-c2ccccc2)cc1. The first-order valence-corrected chi connectivity index (χ1v) is 8.61. The molecule has 0 N–H and O–H groups in total. The highest BCUT2D eigenvalue weighted by Crippen LogP contribution is 2.19. The Labute approximate surface area is 114 Å². The Hall–Kier alpha value is -1.74. The van der Waals surface area contributed by atoms with Crippen molar-refractivity contribution >= 4 is 15.7 Å². The Kier molecular flexibility index (Phi) is 3.96. The second-order valence-corrected chi connectivity index (χ2v) is 8.11. The van der Waals surface area contributed by atoms with Crippen LogP contribution in [0, 0.1) is 0 Å². The summed E-state index contributed by atoms with van der Waals surface area (Å²) in [6.07, 6.45) is 3.23. The van der Waals surface area contributed by atoms with Gasteiger partial charge in [0.1, 0.15) is 12.5 Å². The van der Waals surface area contributed by atoms with Crippen molar-refractivity contribution in [3.05, 3.63) is 60.2 Å². The summed E-state index contributed by atoms with van der Waals surface area (Å²) in [6, 6.07) is 17.5. The Balaban J connectivity index is 2.20. The normalized spacial score (nSPS) is 11.3. The van der Waals surface area contributed by atoms with Gasteiger partial charge in [0.05, 0.1) is 9.93 Å². The van der Waals surface area contributed by atoms with Crippen LogP contribution in [0.25, 0.3) is 11.1 Å².